The van der Waals surface area contributed by atoms with E-state index in [9.17, 15) is 8.42 Å². The molecule has 1 saturated heterocycles. The van der Waals surface area contributed by atoms with Crippen LogP contribution in [0.4, 0.5) is 11.5 Å². The number of sulfonamides is 1. The Bertz CT molecular complexity index is 887. The number of aryl methyl sites for hydroxylation is 2. The Morgan fingerprint density at radius 2 is 1.74 bits per heavy atom. The first-order chi connectivity index (χ1) is 12.9. The van der Waals surface area contributed by atoms with Crippen LogP contribution in [0.5, 0.6) is 5.75 Å². The van der Waals surface area contributed by atoms with Crippen LogP contribution in [0.3, 0.4) is 0 Å². The summed E-state index contributed by atoms with van der Waals surface area (Å²) in [7, 11) is -2.12. The summed E-state index contributed by atoms with van der Waals surface area (Å²) < 4.78 is 33.5. The zero-order valence-corrected chi connectivity index (χ0v) is 17.0. The van der Waals surface area contributed by atoms with Crippen molar-refractivity contribution in [1.82, 2.24) is 4.98 Å². The molecule has 2 aromatic rings. The molecule has 7 heteroatoms. The number of aromatic nitrogens is 1. The van der Waals surface area contributed by atoms with Crippen LogP contribution in [-0.2, 0) is 10.0 Å². The average Bonchev–Trinajstić information content (AvgIpc) is 2.93. The third-order valence-electron chi connectivity index (χ3n) is 4.91. The maximum Gasteiger partial charge on any atom is 0.262 e. The number of ether oxygens (including phenoxy) is 1. The second-order valence-corrected chi connectivity index (χ2v) is 8.65. The topological polar surface area (TPSA) is 71.5 Å². The van der Waals surface area contributed by atoms with E-state index in [0.29, 0.717) is 17.0 Å². The molecule has 1 aliphatic heterocycles. The molecule has 6 nitrogen and oxygen atoms in total. The second kappa shape index (κ2) is 8.17. The molecular weight excluding hydrogens is 362 g/mol. The van der Waals surface area contributed by atoms with Crippen LogP contribution in [0.1, 0.15) is 36.8 Å². The van der Waals surface area contributed by atoms with Gasteiger partial charge in [-0.25, -0.2) is 13.4 Å². The molecule has 0 spiro atoms. The summed E-state index contributed by atoms with van der Waals surface area (Å²) in [5.41, 5.74) is 1.87. The quantitative estimate of drug-likeness (QED) is 0.840. The van der Waals surface area contributed by atoms with E-state index in [4.69, 9.17) is 4.74 Å². The summed E-state index contributed by atoms with van der Waals surface area (Å²) in [6.07, 6.45) is 6.45. The molecule has 146 valence electrons. The van der Waals surface area contributed by atoms with Gasteiger partial charge in [-0.05, 0) is 62.1 Å². The van der Waals surface area contributed by atoms with Crippen molar-refractivity contribution in [3.05, 3.63) is 41.6 Å². The molecule has 0 aliphatic carbocycles. The summed E-state index contributed by atoms with van der Waals surface area (Å²) in [4.78, 5) is 6.98. The van der Waals surface area contributed by atoms with Gasteiger partial charge in [-0.1, -0.05) is 12.8 Å². The van der Waals surface area contributed by atoms with E-state index < -0.39 is 10.0 Å². The lowest BCUT2D eigenvalue weighted by Gasteiger charge is -2.21. The highest BCUT2D eigenvalue weighted by atomic mass is 32.2. The highest BCUT2D eigenvalue weighted by Gasteiger charge is 2.19. The minimum Gasteiger partial charge on any atom is -0.496 e. The smallest absolute Gasteiger partial charge is 0.262 e. The molecule has 3 rings (SSSR count). The fourth-order valence-corrected chi connectivity index (χ4v) is 4.77. The van der Waals surface area contributed by atoms with Gasteiger partial charge >= 0.3 is 0 Å². The molecule has 0 atom stereocenters. The maximum atomic E-state index is 12.8. The summed E-state index contributed by atoms with van der Waals surface area (Å²) in [5, 5.41) is 0. The van der Waals surface area contributed by atoms with Crippen molar-refractivity contribution < 1.29 is 13.2 Å². The molecule has 1 aromatic heterocycles. The van der Waals surface area contributed by atoms with E-state index in [0.717, 1.165) is 24.5 Å². The number of methoxy groups -OCH3 is 1. The monoisotopic (exact) mass is 389 g/mol. The van der Waals surface area contributed by atoms with E-state index in [1.165, 1.54) is 25.7 Å². The molecule has 27 heavy (non-hydrogen) atoms. The van der Waals surface area contributed by atoms with Crippen LogP contribution in [0, 0.1) is 13.8 Å². The van der Waals surface area contributed by atoms with E-state index in [-0.39, 0.29) is 4.90 Å². The Labute approximate surface area is 161 Å². The van der Waals surface area contributed by atoms with Crippen LogP contribution in [-0.4, -0.2) is 33.6 Å². The van der Waals surface area contributed by atoms with Crippen LogP contribution < -0.4 is 14.4 Å². The normalized spacial score (nSPS) is 15.3. The van der Waals surface area contributed by atoms with E-state index in [1.807, 2.05) is 13.0 Å². The number of nitrogens with zero attached hydrogens (tertiary/aromatic N) is 2. The van der Waals surface area contributed by atoms with Crippen molar-refractivity contribution in [1.29, 1.82) is 0 Å². The summed E-state index contributed by atoms with van der Waals surface area (Å²) in [6, 6.07) is 7.03. The second-order valence-electron chi connectivity index (χ2n) is 7.00. The Hall–Kier alpha value is -2.28. The van der Waals surface area contributed by atoms with Crippen molar-refractivity contribution in [2.24, 2.45) is 0 Å². The third-order valence-corrected chi connectivity index (χ3v) is 6.44. The molecule has 0 saturated carbocycles. The Morgan fingerprint density at radius 3 is 2.33 bits per heavy atom. The minimum absolute atomic E-state index is 0.248. The largest absolute Gasteiger partial charge is 0.496 e. The van der Waals surface area contributed by atoms with Gasteiger partial charge in [0.1, 0.15) is 11.6 Å². The number of hydrogen-bond donors (Lipinski definition) is 1. The van der Waals surface area contributed by atoms with Crippen molar-refractivity contribution >= 4 is 21.5 Å². The predicted octanol–water partition coefficient (Wildman–Crippen LogP) is 3.89. The molecular formula is C20H27N3O3S. The fourth-order valence-electron chi connectivity index (χ4n) is 3.42. The van der Waals surface area contributed by atoms with Crippen LogP contribution in [0.15, 0.2) is 35.4 Å². The van der Waals surface area contributed by atoms with Gasteiger partial charge in [-0.3, -0.25) is 4.72 Å². The molecule has 0 radical (unpaired) electrons. The molecule has 2 heterocycles. The third kappa shape index (κ3) is 4.53. The fraction of sp³-hybridized carbons (Fsp3) is 0.450. The SMILES string of the molecule is COc1cc(C)c(S(=O)(=O)Nc2ccc(N3CCCCCC3)nc2)cc1C. The zero-order valence-electron chi connectivity index (χ0n) is 16.2. The molecule has 0 amide bonds. The van der Waals surface area contributed by atoms with E-state index in [2.05, 4.69) is 14.6 Å². The number of rotatable bonds is 5. The lowest BCUT2D eigenvalue weighted by atomic mass is 10.1. The first-order valence-corrected chi connectivity index (χ1v) is 10.8. The number of hydrogen-bond acceptors (Lipinski definition) is 5. The van der Waals surface area contributed by atoms with Gasteiger partial charge in [0.15, 0.2) is 0 Å². The summed E-state index contributed by atoms with van der Waals surface area (Å²) in [5.74, 6) is 1.58. The number of anilines is 2. The lowest BCUT2D eigenvalue weighted by Crippen LogP contribution is -2.24. The van der Waals surface area contributed by atoms with Gasteiger partial charge in [-0.2, -0.15) is 0 Å². The van der Waals surface area contributed by atoms with Crippen LogP contribution in [0.2, 0.25) is 0 Å². The highest BCUT2D eigenvalue weighted by molar-refractivity contribution is 7.92. The number of benzene rings is 1. The molecule has 0 bridgehead atoms. The maximum absolute atomic E-state index is 12.8. The zero-order chi connectivity index (χ0) is 19.4. The van der Waals surface area contributed by atoms with Gasteiger partial charge in [0.25, 0.3) is 10.0 Å². The van der Waals surface area contributed by atoms with Crippen molar-refractivity contribution in [3.8, 4) is 5.75 Å². The standard InChI is InChI=1S/C20H27N3O3S/c1-15-13-19(16(2)12-18(15)26-3)27(24,25)22-17-8-9-20(21-14-17)23-10-6-4-5-7-11-23/h8-9,12-14,22H,4-7,10-11H2,1-3H3. The summed E-state index contributed by atoms with van der Waals surface area (Å²) in [6.45, 7) is 5.59. The number of pyridine rings is 1. The Morgan fingerprint density at radius 1 is 1.04 bits per heavy atom. The molecule has 0 unspecified atom stereocenters. The van der Waals surface area contributed by atoms with Crippen LogP contribution >= 0.6 is 0 Å². The first-order valence-electron chi connectivity index (χ1n) is 9.30. The minimum atomic E-state index is -3.69. The predicted molar refractivity (Wildman–Crippen MR) is 108 cm³/mol. The van der Waals surface area contributed by atoms with Gasteiger partial charge in [0.05, 0.1) is 23.9 Å². The van der Waals surface area contributed by atoms with Gasteiger partial charge in [-0.15, -0.1) is 0 Å². The van der Waals surface area contributed by atoms with Gasteiger partial charge in [0.2, 0.25) is 0 Å². The van der Waals surface area contributed by atoms with Gasteiger partial charge < -0.3 is 9.64 Å². The van der Waals surface area contributed by atoms with Gasteiger partial charge in [0, 0.05) is 13.1 Å². The lowest BCUT2D eigenvalue weighted by molar-refractivity contribution is 0.411. The van der Waals surface area contributed by atoms with Crippen molar-refractivity contribution in [2.75, 3.05) is 29.8 Å². The Kier molecular flexibility index (Phi) is 5.89. The van der Waals surface area contributed by atoms with E-state index >= 15 is 0 Å². The Balaban J connectivity index is 1.79. The molecule has 1 fully saturated rings. The molecule has 1 aromatic carbocycles. The van der Waals surface area contributed by atoms with Crippen LogP contribution in [0.25, 0.3) is 0 Å². The first kappa shape index (κ1) is 19.5. The highest BCUT2D eigenvalue weighted by Crippen LogP contribution is 2.27. The summed E-state index contributed by atoms with van der Waals surface area (Å²) >= 11 is 0. The van der Waals surface area contributed by atoms with Crippen molar-refractivity contribution in [2.45, 2.75) is 44.4 Å². The molecule has 1 aliphatic rings. The van der Waals surface area contributed by atoms with Crippen molar-refractivity contribution in [3.63, 3.8) is 0 Å². The average molecular weight is 390 g/mol. The molecule has 1 N–H and O–H groups in total. The van der Waals surface area contributed by atoms with E-state index in [1.54, 1.807) is 38.4 Å². The number of nitrogens with one attached hydrogen (secondary N) is 1.